The van der Waals surface area contributed by atoms with Crippen LogP contribution in [0.3, 0.4) is 0 Å². The van der Waals surface area contributed by atoms with E-state index < -0.39 is 10.0 Å². The number of carbonyl (C=O) groups excluding carboxylic acids is 2. The van der Waals surface area contributed by atoms with E-state index in [4.69, 9.17) is 0 Å². The van der Waals surface area contributed by atoms with Crippen LogP contribution in [0.25, 0.3) is 10.8 Å². The highest BCUT2D eigenvalue weighted by Gasteiger charge is 2.15. The largest absolute Gasteiger partial charge is 0.334 e. The molecule has 0 aliphatic rings. The Balaban J connectivity index is 1.48. The van der Waals surface area contributed by atoms with Crippen LogP contribution < -0.4 is 20.7 Å². The number of amides is 3. The second kappa shape index (κ2) is 10.6. The average Bonchev–Trinajstić information content (AvgIpc) is 2.78. The van der Waals surface area contributed by atoms with Crippen molar-refractivity contribution in [2.24, 2.45) is 0 Å². The van der Waals surface area contributed by atoms with Crippen molar-refractivity contribution in [3.63, 3.8) is 0 Å². The molecule has 8 nitrogen and oxygen atoms in total. The van der Waals surface area contributed by atoms with Gasteiger partial charge in [0.25, 0.3) is 0 Å². The molecule has 166 valence electrons. The van der Waals surface area contributed by atoms with Crippen LogP contribution in [0.5, 0.6) is 0 Å². The van der Waals surface area contributed by atoms with Crippen molar-refractivity contribution >= 4 is 44.1 Å². The van der Waals surface area contributed by atoms with Crippen LogP contribution in [-0.4, -0.2) is 33.4 Å². The van der Waals surface area contributed by atoms with Crippen LogP contribution in [0.1, 0.15) is 6.42 Å². The van der Waals surface area contributed by atoms with Gasteiger partial charge >= 0.3 is 6.03 Å². The molecule has 0 aliphatic heterocycles. The fraction of sp³-hybridized carbons (Fsp3) is 0.130. The second-order valence-corrected chi connectivity index (χ2v) is 8.67. The van der Waals surface area contributed by atoms with Gasteiger partial charge in [0.05, 0.1) is 4.90 Å². The molecule has 0 fully saturated rings. The molecule has 0 atom stereocenters. The standard InChI is InChI=1S/C23H24N4O4S/c1-2-14-24-23(29)27-20-10-8-19(9-11-20)26-22(28)13-15-25-32(30,31)21-12-7-17-5-3-4-6-18(17)16-21/h2-12,16,25H,1,13-15H2,(H,26,28)(H2,24,27,29). The molecule has 0 unspecified atom stereocenters. The van der Waals surface area contributed by atoms with Crippen molar-refractivity contribution in [1.82, 2.24) is 10.0 Å². The number of hydrogen-bond donors (Lipinski definition) is 4. The molecule has 0 spiro atoms. The zero-order chi connectivity index (χ0) is 23.0. The van der Waals surface area contributed by atoms with Gasteiger partial charge in [-0.3, -0.25) is 4.79 Å². The van der Waals surface area contributed by atoms with E-state index in [0.29, 0.717) is 17.9 Å². The SMILES string of the molecule is C=CCNC(=O)Nc1ccc(NC(=O)CCNS(=O)(=O)c2ccc3ccccc3c2)cc1. The molecule has 0 radical (unpaired) electrons. The van der Waals surface area contributed by atoms with Crippen LogP contribution in [0.15, 0.2) is 84.3 Å². The van der Waals surface area contributed by atoms with E-state index in [9.17, 15) is 18.0 Å². The molecular weight excluding hydrogens is 428 g/mol. The summed E-state index contributed by atoms with van der Waals surface area (Å²) in [6.45, 7) is 3.83. The van der Waals surface area contributed by atoms with Crippen LogP contribution in [0.4, 0.5) is 16.2 Å². The Bertz CT molecular complexity index is 1220. The van der Waals surface area contributed by atoms with Gasteiger partial charge in [-0.2, -0.15) is 0 Å². The molecule has 0 saturated heterocycles. The smallest absolute Gasteiger partial charge is 0.319 e. The Hall–Kier alpha value is -3.69. The summed E-state index contributed by atoms with van der Waals surface area (Å²) in [7, 11) is -3.73. The van der Waals surface area contributed by atoms with Gasteiger partial charge < -0.3 is 16.0 Å². The molecule has 0 saturated carbocycles. The molecule has 9 heteroatoms. The lowest BCUT2D eigenvalue weighted by Crippen LogP contribution is -2.28. The van der Waals surface area contributed by atoms with Crippen molar-refractivity contribution in [3.8, 4) is 0 Å². The first kappa shape index (κ1) is 23.0. The van der Waals surface area contributed by atoms with E-state index >= 15 is 0 Å². The lowest BCUT2D eigenvalue weighted by Gasteiger charge is -2.10. The van der Waals surface area contributed by atoms with Gasteiger partial charge in [0, 0.05) is 30.9 Å². The predicted molar refractivity (Wildman–Crippen MR) is 126 cm³/mol. The minimum absolute atomic E-state index is 0.0310. The Labute approximate surface area is 186 Å². The van der Waals surface area contributed by atoms with Gasteiger partial charge in [-0.05, 0) is 47.2 Å². The predicted octanol–water partition coefficient (Wildman–Crippen LogP) is 3.45. The summed E-state index contributed by atoms with van der Waals surface area (Å²) in [5, 5.41) is 9.70. The normalized spacial score (nSPS) is 11.0. The summed E-state index contributed by atoms with van der Waals surface area (Å²) in [6.07, 6.45) is 1.54. The summed E-state index contributed by atoms with van der Waals surface area (Å²) in [4.78, 5) is 23.9. The number of sulfonamides is 1. The summed E-state index contributed by atoms with van der Waals surface area (Å²) in [6, 6.07) is 18.6. The van der Waals surface area contributed by atoms with Crippen LogP contribution >= 0.6 is 0 Å². The number of nitrogens with one attached hydrogen (secondary N) is 4. The summed E-state index contributed by atoms with van der Waals surface area (Å²) in [5.41, 5.74) is 1.09. The van der Waals surface area contributed by atoms with E-state index in [1.54, 1.807) is 42.5 Å². The maximum atomic E-state index is 12.5. The fourth-order valence-corrected chi connectivity index (χ4v) is 3.98. The minimum Gasteiger partial charge on any atom is -0.334 e. The molecule has 0 aliphatic carbocycles. The van der Waals surface area contributed by atoms with E-state index in [1.807, 2.05) is 24.3 Å². The van der Waals surface area contributed by atoms with Gasteiger partial charge in [0.1, 0.15) is 0 Å². The third-order valence-corrected chi connectivity index (χ3v) is 5.97. The number of anilines is 2. The van der Waals surface area contributed by atoms with Crippen LogP contribution in [0, 0.1) is 0 Å². The van der Waals surface area contributed by atoms with E-state index in [0.717, 1.165) is 10.8 Å². The van der Waals surface area contributed by atoms with Gasteiger partial charge in [0.15, 0.2) is 0 Å². The Morgan fingerprint density at radius 2 is 1.53 bits per heavy atom. The van der Waals surface area contributed by atoms with Gasteiger partial charge in [0.2, 0.25) is 15.9 Å². The average molecular weight is 453 g/mol. The summed E-state index contributed by atoms with van der Waals surface area (Å²) < 4.78 is 27.5. The molecule has 32 heavy (non-hydrogen) atoms. The zero-order valence-corrected chi connectivity index (χ0v) is 18.1. The maximum absolute atomic E-state index is 12.5. The lowest BCUT2D eigenvalue weighted by molar-refractivity contribution is -0.116. The monoisotopic (exact) mass is 452 g/mol. The maximum Gasteiger partial charge on any atom is 0.319 e. The highest BCUT2D eigenvalue weighted by molar-refractivity contribution is 7.89. The number of urea groups is 1. The molecular formula is C23H24N4O4S. The number of rotatable bonds is 9. The lowest BCUT2D eigenvalue weighted by atomic mass is 10.1. The van der Waals surface area contributed by atoms with E-state index in [-0.39, 0.29) is 29.8 Å². The number of carbonyl (C=O) groups is 2. The van der Waals surface area contributed by atoms with E-state index in [1.165, 1.54) is 6.07 Å². The van der Waals surface area contributed by atoms with Crippen molar-refractivity contribution in [2.45, 2.75) is 11.3 Å². The van der Waals surface area contributed by atoms with Crippen molar-refractivity contribution in [1.29, 1.82) is 0 Å². The van der Waals surface area contributed by atoms with Crippen LogP contribution in [-0.2, 0) is 14.8 Å². The highest BCUT2D eigenvalue weighted by atomic mass is 32.2. The molecule has 3 aromatic rings. The summed E-state index contributed by atoms with van der Waals surface area (Å²) in [5.74, 6) is -0.337. The Kier molecular flexibility index (Phi) is 7.58. The number of hydrogen-bond acceptors (Lipinski definition) is 4. The third kappa shape index (κ3) is 6.40. The molecule has 0 bridgehead atoms. The molecule has 4 N–H and O–H groups in total. The minimum atomic E-state index is -3.73. The van der Waals surface area contributed by atoms with Crippen molar-refractivity contribution < 1.29 is 18.0 Å². The van der Waals surface area contributed by atoms with Crippen LogP contribution in [0.2, 0.25) is 0 Å². The molecule has 0 heterocycles. The molecule has 3 amide bonds. The first-order chi connectivity index (χ1) is 15.4. The van der Waals surface area contributed by atoms with Gasteiger partial charge in [-0.1, -0.05) is 36.4 Å². The fourth-order valence-electron chi connectivity index (χ4n) is 2.92. The molecule has 3 aromatic carbocycles. The van der Waals surface area contributed by atoms with Gasteiger partial charge in [-0.25, -0.2) is 17.9 Å². The second-order valence-electron chi connectivity index (χ2n) is 6.91. The summed E-state index contributed by atoms with van der Waals surface area (Å²) >= 11 is 0. The van der Waals surface area contributed by atoms with Crippen molar-refractivity contribution in [3.05, 3.63) is 79.4 Å². The topological polar surface area (TPSA) is 116 Å². The van der Waals surface area contributed by atoms with Crippen molar-refractivity contribution in [2.75, 3.05) is 23.7 Å². The van der Waals surface area contributed by atoms with E-state index in [2.05, 4.69) is 27.3 Å². The Morgan fingerprint density at radius 3 is 2.22 bits per heavy atom. The first-order valence-corrected chi connectivity index (χ1v) is 11.4. The van der Waals surface area contributed by atoms with Gasteiger partial charge in [-0.15, -0.1) is 6.58 Å². The first-order valence-electron chi connectivity index (χ1n) is 9.91. The zero-order valence-electron chi connectivity index (χ0n) is 17.3. The molecule has 3 rings (SSSR count). The molecule has 0 aromatic heterocycles. The third-order valence-electron chi connectivity index (χ3n) is 4.51. The Morgan fingerprint density at radius 1 is 0.875 bits per heavy atom. The quantitative estimate of drug-likeness (QED) is 0.372. The highest BCUT2D eigenvalue weighted by Crippen LogP contribution is 2.19. The number of benzene rings is 3. The number of fused-ring (bicyclic) bond motifs is 1.